The Labute approximate surface area is 80.9 Å². The third-order valence-corrected chi connectivity index (χ3v) is 2.97. The van der Waals surface area contributed by atoms with E-state index in [4.69, 9.17) is 5.73 Å². The van der Waals surface area contributed by atoms with E-state index in [0.29, 0.717) is 18.9 Å². The van der Waals surface area contributed by atoms with Crippen molar-refractivity contribution in [2.45, 2.75) is 33.2 Å². The topological polar surface area (TPSA) is 72.2 Å². The van der Waals surface area contributed by atoms with Crippen molar-refractivity contribution in [3.05, 3.63) is 0 Å². The van der Waals surface area contributed by atoms with Crippen LogP contribution in [0.15, 0.2) is 0 Å². The molecule has 13 heavy (non-hydrogen) atoms. The van der Waals surface area contributed by atoms with Gasteiger partial charge in [0.25, 0.3) is 0 Å². The van der Waals surface area contributed by atoms with Crippen LogP contribution in [-0.2, 0) is 10.0 Å². The van der Waals surface area contributed by atoms with Crippen LogP contribution in [0, 0.1) is 5.92 Å². The fourth-order valence-corrected chi connectivity index (χ4v) is 2.16. The van der Waals surface area contributed by atoms with Gasteiger partial charge in [-0.25, -0.2) is 13.1 Å². The second-order valence-corrected chi connectivity index (χ2v) is 5.75. The summed E-state index contributed by atoms with van der Waals surface area (Å²) in [6, 6.07) is -0.131. The quantitative estimate of drug-likeness (QED) is 0.659. The van der Waals surface area contributed by atoms with Crippen LogP contribution in [-0.4, -0.2) is 26.8 Å². The molecule has 80 valence electrons. The minimum atomic E-state index is -3.10. The zero-order valence-electron chi connectivity index (χ0n) is 8.58. The predicted octanol–water partition coefficient (Wildman–Crippen LogP) is 0.299. The van der Waals surface area contributed by atoms with Crippen LogP contribution in [0.2, 0.25) is 0 Å². The summed E-state index contributed by atoms with van der Waals surface area (Å²) in [6.45, 7) is 6.09. The molecule has 0 amide bonds. The molecule has 0 aromatic carbocycles. The largest absolute Gasteiger partial charge is 0.327 e. The van der Waals surface area contributed by atoms with Gasteiger partial charge in [0, 0.05) is 12.6 Å². The van der Waals surface area contributed by atoms with Crippen LogP contribution in [0.5, 0.6) is 0 Å². The van der Waals surface area contributed by atoms with E-state index < -0.39 is 10.0 Å². The number of hydrogen-bond donors (Lipinski definition) is 2. The summed E-state index contributed by atoms with van der Waals surface area (Å²) >= 11 is 0. The monoisotopic (exact) mass is 208 g/mol. The normalized spacial score (nSPS) is 14.8. The molecule has 0 aliphatic rings. The Hall–Kier alpha value is -0.130. The molecule has 0 saturated heterocycles. The first-order valence-electron chi connectivity index (χ1n) is 4.56. The van der Waals surface area contributed by atoms with Crippen molar-refractivity contribution >= 4 is 10.0 Å². The summed E-state index contributed by atoms with van der Waals surface area (Å²) in [6.07, 6.45) is 0.689. The third-order valence-electron chi connectivity index (χ3n) is 1.59. The van der Waals surface area contributed by atoms with Crippen molar-refractivity contribution in [1.82, 2.24) is 4.72 Å². The lowest BCUT2D eigenvalue weighted by Crippen LogP contribution is -2.36. The second-order valence-electron chi connectivity index (χ2n) is 3.83. The molecule has 0 rings (SSSR count). The maximum atomic E-state index is 11.3. The SMILES string of the molecule is CC(C)CCS(=O)(=O)NCC(C)N. The Balaban J connectivity index is 3.81. The van der Waals surface area contributed by atoms with Gasteiger partial charge in [0.1, 0.15) is 0 Å². The van der Waals surface area contributed by atoms with E-state index >= 15 is 0 Å². The second kappa shape index (κ2) is 5.57. The molecule has 0 aromatic rings. The van der Waals surface area contributed by atoms with E-state index in [1.807, 2.05) is 13.8 Å². The van der Waals surface area contributed by atoms with Crippen LogP contribution in [0.1, 0.15) is 27.2 Å². The highest BCUT2D eigenvalue weighted by atomic mass is 32.2. The molecule has 0 heterocycles. The van der Waals surface area contributed by atoms with E-state index in [2.05, 4.69) is 4.72 Å². The van der Waals surface area contributed by atoms with E-state index in [1.165, 1.54) is 0 Å². The van der Waals surface area contributed by atoms with Crippen LogP contribution >= 0.6 is 0 Å². The Morgan fingerprint density at radius 2 is 1.85 bits per heavy atom. The van der Waals surface area contributed by atoms with Crippen molar-refractivity contribution < 1.29 is 8.42 Å². The van der Waals surface area contributed by atoms with Gasteiger partial charge in [-0.1, -0.05) is 13.8 Å². The van der Waals surface area contributed by atoms with Crippen molar-refractivity contribution in [2.75, 3.05) is 12.3 Å². The lowest BCUT2D eigenvalue weighted by atomic mass is 10.2. The Bertz CT molecular complexity index is 204. The van der Waals surface area contributed by atoms with Crippen molar-refractivity contribution in [3.63, 3.8) is 0 Å². The zero-order valence-corrected chi connectivity index (χ0v) is 9.39. The molecule has 0 bridgehead atoms. The van der Waals surface area contributed by atoms with Crippen LogP contribution in [0.25, 0.3) is 0 Å². The molecule has 4 nitrogen and oxygen atoms in total. The Morgan fingerprint density at radius 1 is 1.31 bits per heavy atom. The van der Waals surface area contributed by atoms with Gasteiger partial charge in [0.05, 0.1) is 5.75 Å². The van der Waals surface area contributed by atoms with Gasteiger partial charge in [0.2, 0.25) is 10.0 Å². The van der Waals surface area contributed by atoms with Crippen LogP contribution in [0.4, 0.5) is 0 Å². The summed E-state index contributed by atoms with van der Waals surface area (Å²) in [7, 11) is -3.10. The molecule has 1 atom stereocenters. The molecule has 0 aliphatic carbocycles. The standard InChI is InChI=1S/C8H20N2O2S/c1-7(2)4-5-13(11,12)10-6-8(3)9/h7-8,10H,4-6,9H2,1-3H3. The molecule has 0 aliphatic heterocycles. The molecule has 0 fully saturated rings. The van der Waals surface area contributed by atoms with Gasteiger partial charge in [-0.05, 0) is 19.3 Å². The highest BCUT2D eigenvalue weighted by Gasteiger charge is 2.10. The highest BCUT2D eigenvalue weighted by Crippen LogP contribution is 2.01. The molecule has 0 radical (unpaired) electrons. The maximum absolute atomic E-state index is 11.3. The summed E-state index contributed by atoms with van der Waals surface area (Å²) in [4.78, 5) is 0. The Morgan fingerprint density at radius 3 is 2.23 bits per heavy atom. The maximum Gasteiger partial charge on any atom is 0.211 e. The van der Waals surface area contributed by atoms with Gasteiger partial charge in [-0.3, -0.25) is 0 Å². The number of nitrogens with two attached hydrogens (primary N) is 1. The first-order chi connectivity index (χ1) is 5.83. The lowest BCUT2D eigenvalue weighted by molar-refractivity contribution is 0.556. The molecule has 3 N–H and O–H groups in total. The molecule has 0 saturated carbocycles. The van der Waals surface area contributed by atoms with E-state index in [1.54, 1.807) is 6.92 Å². The fourth-order valence-electron chi connectivity index (χ4n) is 0.721. The zero-order chi connectivity index (χ0) is 10.5. The van der Waals surface area contributed by atoms with E-state index in [-0.39, 0.29) is 11.8 Å². The first-order valence-corrected chi connectivity index (χ1v) is 6.21. The number of rotatable bonds is 6. The molecular formula is C8H20N2O2S. The van der Waals surface area contributed by atoms with Gasteiger partial charge < -0.3 is 5.73 Å². The van der Waals surface area contributed by atoms with Crippen molar-refractivity contribution in [3.8, 4) is 0 Å². The molecular weight excluding hydrogens is 188 g/mol. The highest BCUT2D eigenvalue weighted by molar-refractivity contribution is 7.89. The fraction of sp³-hybridized carbons (Fsp3) is 1.00. The summed E-state index contributed by atoms with van der Waals surface area (Å²) in [5.74, 6) is 0.601. The number of nitrogens with one attached hydrogen (secondary N) is 1. The summed E-state index contributed by atoms with van der Waals surface area (Å²) in [5, 5.41) is 0. The summed E-state index contributed by atoms with van der Waals surface area (Å²) in [5.41, 5.74) is 5.43. The molecule has 0 spiro atoms. The minimum absolute atomic E-state index is 0.131. The third kappa shape index (κ3) is 8.21. The number of sulfonamides is 1. The van der Waals surface area contributed by atoms with Gasteiger partial charge in [0.15, 0.2) is 0 Å². The van der Waals surface area contributed by atoms with Crippen LogP contribution < -0.4 is 10.5 Å². The van der Waals surface area contributed by atoms with Crippen molar-refractivity contribution in [1.29, 1.82) is 0 Å². The van der Waals surface area contributed by atoms with Crippen molar-refractivity contribution in [2.24, 2.45) is 11.7 Å². The first kappa shape index (κ1) is 12.9. The molecule has 1 unspecified atom stereocenters. The smallest absolute Gasteiger partial charge is 0.211 e. The summed E-state index contributed by atoms with van der Waals surface area (Å²) < 4.78 is 25.0. The van der Waals surface area contributed by atoms with Gasteiger partial charge in [-0.15, -0.1) is 0 Å². The molecule has 0 aromatic heterocycles. The van der Waals surface area contributed by atoms with Crippen LogP contribution in [0.3, 0.4) is 0 Å². The predicted molar refractivity (Wildman–Crippen MR) is 54.9 cm³/mol. The molecule has 5 heteroatoms. The average molecular weight is 208 g/mol. The lowest BCUT2D eigenvalue weighted by Gasteiger charge is -2.09. The minimum Gasteiger partial charge on any atom is -0.327 e. The van der Waals surface area contributed by atoms with Gasteiger partial charge in [-0.2, -0.15) is 0 Å². The Kier molecular flexibility index (Phi) is 5.51. The number of hydrogen-bond acceptors (Lipinski definition) is 3. The van der Waals surface area contributed by atoms with E-state index in [9.17, 15) is 8.42 Å². The van der Waals surface area contributed by atoms with E-state index in [0.717, 1.165) is 0 Å². The van der Waals surface area contributed by atoms with Gasteiger partial charge >= 0.3 is 0 Å². The average Bonchev–Trinajstić information content (AvgIpc) is 1.98.